The second kappa shape index (κ2) is 7.46. The molecule has 0 aliphatic carbocycles. The number of hydrogen-bond donors (Lipinski definition) is 4. The number of nitrogens with two attached hydrogens (primary N) is 1. The topological polar surface area (TPSA) is 104 Å². The van der Waals surface area contributed by atoms with Gasteiger partial charge in [0.25, 0.3) is 0 Å². The minimum Gasteiger partial charge on any atom is -0.480 e. The molecule has 0 fully saturated rings. The van der Waals surface area contributed by atoms with Gasteiger partial charge in [0.05, 0.1) is 0 Å². The van der Waals surface area contributed by atoms with Crippen LogP contribution in [0.2, 0.25) is 0 Å². The summed E-state index contributed by atoms with van der Waals surface area (Å²) in [5, 5.41) is 23.7. The first-order valence-electron chi connectivity index (χ1n) is 3.26. The van der Waals surface area contributed by atoms with Gasteiger partial charge in [-0.25, -0.2) is 0 Å². The van der Waals surface area contributed by atoms with E-state index in [9.17, 15) is 4.79 Å². The Labute approximate surface area is 65.5 Å². The highest BCUT2D eigenvalue weighted by Gasteiger charge is 1.99. The first kappa shape index (κ1) is 13.0. The molecule has 0 aromatic carbocycles. The average molecular weight is 165 g/mol. The summed E-state index contributed by atoms with van der Waals surface area (Å²) in [5.74, 6) is -0.963. The highest BCUT2D eigenvalue weighted by Crippen LogP contribution is 1.77. The molecule has 0 saturated carbocycles. The van der Waals surface area contributed by atoms with Crippen molar-refractivity contribution in [3.63, 3.8) is 0 Å². The van der Waals surface area contributed by atoms with Crippen LogP contribution in [0.3, 0.4) is 0 Å². The van der Waals surface area contributed by atoms with Crippen LogP contribution >= 0.6 is 0 Å². The van der Waals surface area contributed by atoms with E-state index in [-0.39, 0.29) is 0 Å². The van der Waals surface area contributed by atoms with Gasteiger partial charge in [0.15, 0.2) is 6.29 Å². The van der Waals surface area contributed by atoms with Gasteiger partial charge >= 0.3 is 5.97 Å². The lowest BCUT2D eigenvalue weighted by molar-refractivity contribution is -0.138. The third-order valence-electron chi connectivity index (χ3n) is 0.755. The summed E-state index contributed by atoms with van der Waals surface area (Å²) in [7, 11) is 0. The van der Waals surface area contributed by atoms with Crippen LogP contribution in [0.4, 0.5) is 0 Å². The van der Waals surface area contributed by atoms with Crippen LogP contribution in [0.15, 0.2) is 0 Å². The van der Waals surface area contributed by atoms with Crippen LogP contribution in [0, 0.1) is 0 Å². The number of aliphatic hydroxyl groups is 2. The maximum atomic E-state index is 9.57. The van der Waals surface area contributed by atoms with Crippen molar-refractivity contribution in [2.75, 3.05) is 0 Å². The molecular formula is C6H15NO4. The van der Waals surface area contributed by atoms with Gasteiger partial charge in [-0.05, 0) is 13.3 Å². The summed E-state index contributed by atoms with van der Waals surface area (Å²) < 4.78 is 0. The summed E-state index contributed by atoms with van der Waals surface area (Å²) in [4.78, 5) is 9.57. The lowest BCUT2D eigenvalue weighted by Crippen LogP contribution is -2.25. The molecule has 0 amide bonds. The molecule has 5 nitrogen and oxygen atoms in total. The summed E-state index contributed by atoms with van der Waals surface area (Å²) in [6.07, 6.45) is -0.699. The van der Waals surface area contributed by atoms with Gasteiger partial charge in [0.2, 0.25) is 0 Å². The van der Waals surface area contributed by atoms with E-state index in [0.29, 0.717) is 6.42 Å². The second-order valence-corrected chi connectivity index (χ2v) is 2.02. The zero-order valence-corrected chi connectivity index (χ0v) is 6.69. The van der Waals surface area contributed by atoms with E-state index in [1.54, 1.807) is 6.92 Å². The molecule has 0 spiro atoms. The van der Waals surface area contributed by atoms with Gasteiger partial charge in [-0.3, -0.25) is 4.79 Å². The van der Waals surface area contributed by atoms with E-state index in [4.69, 9.17) is 21.1 Å². The molecule has 68 valence electrons. The van der Waals surface area contributed by atoms with Gasteiger partial charge in [-0.15, -0.1) is 0 Å². The van der Waals surface area contributed by atoms with Crippen molar-refractivity contribution in [2.24, 2.45) is 5.73 Å². The molecule has 0 unspecified atom stereocenters. The molecule has 0 heterocycles. The molecule has 0 aromatic heterocycles. The SMILES string of the molecule is CCC(O)O.C[C@H](N)C(=O)O. The highest BCUT2D eigenvalue weighted by molar-refractivity contribution is 5.72. The molecule has 1 atom stereocenters. The molecule has 0 radical (unpaired) electrons. The van der Waals surface area contributed by atoms with Crippen LogP contribution in [0.5, 0.6) is 0 Å². The molecule has 5 N–H and O–H groups in total. The van der Waals surface area contributed by atoms with E-state index >= 15 is 0 Å². The third kappa shape index (κ3) is 17.6. The maximum absolute atomic E-state index is 9.57. The van der Waals surface area contributed by atoms with E-state index in [2.05, 4.69) is 0 Å². The Morgan fingerprint density at radius 1 is 1.55 bits per heavy atom. The predicted molar refractivity (Wildman–Crippen MR) is 39.8 cm³/mol. The van der Waals surface area contributed by atoms with Crippen LogP contribution < -0.4 is 5.73 Å². The van der Waals surface area contributed by atoms with E-state index in [1.807, 2.05) is 0 Å². The van der Waals surface area contributed by atoms with E-state index in [0.717, 1.165) is 0 Å². The van der Waals surface area contributed by atoms with Crippen LogP contribution in [0.25, 0.3) is 0 Å². The number of aliphatic carboxylic acids is 1. The molecule has 0 aromatic rings. The Kier molecular flexibility index (Phi) is 8.80. The van der Waals surface area contributed by atoms with Crippen molar-refractivity contribution in [2.45, 2.75) is 32.6 Å². The molecule has 0 rings (SSSR count). The quantitative estimate of drug-likeness (QED) is 0.398. The standard InChI is InChI=1S/C3H7NO2.C3H8O2/c1-2(4)3(5)6;1-2-3(4)5/h2H,4H2,1H3,(H,5,6);3-5H,2H2,1H3/t2-;/m0./s1. The first-order chi connectivity index (χ1) is 4.91. The van der Waals surface area contributed by atoms with Crippen LogP contribution in [-0.2, 0) is 4.79 Å². The van der Waals surface area contributed by atoms with Gasteiger partial charge < -0.3 is 21.1 Å². The van der Waals surface area contributed by atoms with Gasteiger partial charge in [0.1, 0.15) is 6.04 Å². The largest absolute Gasteiger partial charge is 0.480 e. The zero-order valence-electron chi connectivity index (χ0n) is 6.69. The Hall–Kier alpha value is -0.650. The summed E-state index contributed by atoms with van der Waals surface area (Å²) in [5.41, 5.74) is 4.84. The minimum absolute atomic E-state index is 0.417. The number of aliphatic hydroxyl groups excluding tert-OH is 1. The van der Waals surface area contributed by atoms with Gasteiger partial charge in [-0.1, -0.05) is 6.92 Å². The highest BCUT2D eigenvalue weighted by atomic mass is 16.5. The molecule has 0 aliphatic rings. The normalized spacial score (nSPS) is 11.8. The smallest absolute Gasteiger partial charge is 0.320 e. The van der Waals surface area contributed by atoms with Crippen molar-refractivity contribution in [1.82, 2.24) is 0 Å². The fraction of sp³-hybridized carbons (Fsp3) is 0.833. The maximum Gasteiger partial charge on any atom is 0.320 e. The van der Waals surface area contributed by atoms with Gasteiger partial charge in [-0.2, -0.15) is 0 Å². The molecule has 0 aliphatic heterocycles. The first-order valence-corrected chi connectivity index (χ1v) is 3.26. The lowest BCUT2D eigenvalue weighted by Gasteiger charge is -1.90. The third-order valence-corrected chi connectivity index (χ3v) is 0.755. The molecular weight excluding hydrogens is 150 g/mol. The molecule has 0 saturated heterocycles. The Balaban J connectivity index is 0. The predicted octanol–water partition coefficient (Wildman–Crippen LogP) is -0.875. The van der Waals surface area contributed by atoms with Crippen molar-refractivity contribution in [1.29, 1.82) is 0 Å². The number of carbonyl (C=O) groups is 1. The molecule has 11 heavy (non-hydrogen) atoms. The summed E-state index contributed by atoms with van der Waals surface area (Å²) in [6, 6.07) is -0.731. The molecule has 0 bridgehead atoms. The van der Waals surface area contributed by atoms with Crippen LogP contribution in [0.1, 0.15) is 20.3 Å². The monoisotopic (exact) mass is 165 g/mol. The molecule has 5 heteroatoms. The average Bonchev–Trinajstić information content (AvgIpc) is 1.89. The fourth-order valence-corrected chi connectivity index (χ4v) is 0. The van der Waals surface area contributed by atoms with Gasteiger partial charge in [0, 0.05) is 0 Å². The zero-order chi connectivity index (χ0) is 9.44. The summed E-state index contributed by atoms with van der Waals surface area (Å²) in [6.45, 7) is 3.12. The summed E-state index contributed by atoms with van der Waals surface area (Å²) >= 11 is 0. The Morgan fingerprint density at radius 3 is 1.73 bits per heavy atom. The van der Waals surface area contributed by atoms with Crippen molar-refractivity contribution in [3.05, 3.63) is 0 Å². The van der Waals surface area contributed by atoms with E-state index < -0.39 is 18.3 Å². The minimum atomic E-state index is -1.12. The fourth-order valence-electron chi connectivity index (χ4n) is 0. The Bertz CT molecular complexity index is 103. The van der Waals surface area contributed by atoms with Crippen molar-refractivity contribution < 1.29 is 20.1 Å². The number of carboxylic acid groups (broad SMARTS) is 1. The van der Waals surface area contributed by atoms with Crippen LogP contribution in [-0.4, -0.2) is 33.6 Å². The second-order valence-electron chi connectivity index (χ2n) is 2.02. The van der Waals surface area contributed by atoms with Crippen molar-refractivity contribution >= 4 is 5.97 Å². The lowest BCUT2D eigenvalue weighted by atomic mass is 10.4. The number of rotatable bonds is 2. The van der Waals surface area contributed by atoms with E-state index in [1.165, 1.54) is 6.92 Å². The Morgan fingerprint density at radius 2 is 1.73 bits per heavy atom. The number of hydrogen-bond acceptors (Lipinski definition) is 4. The van der Waals surface area contributed by atoms with Crippen molar-refractivity contribution in [3.8, 4) is 0 Å². The number of carboxylic acids is 1.